The monoisotopic (exact) mass is 270 g/mol. The van der Waals surface area contributed by atoms with E-state index in [2.05, 4.69) is 5.16 Å². The first-order chi connectivity index (χ1) is 9.66. The van der Waals surface area contributed by atoms with Crippen LogP contribution in [0, 0.1) is 10.1 Å². The van der Waals surface area contributed by atoms with Gasteiger partial charge in [-0.3, -0.25) is 10.1 Å². The predicted molar refractivity (Wildman–Crippen MR) is 76.5 cm³/mol. The summed E-state index contributed by atoms with van der Waals surface area (Å²) in [6.45, 7) is 2.12. The maximum Gasteiger partial charge on any atom is 0.270 e. The van der Waals surface area contributed by atoms with Crippen molar-refractivity contribution in [3.63, 3.8) is 0 Å². The molecule has 0 unspecified atom stereocenters. The topological polar surface area (TPSA) is 64.7 Å². The van der Waals surface area contributed by atoms with Crippen LogP contribution >= 0.6 is 0 Å². The molecule has 2 aromatic rings. The molecule has 0 saturated heterocycles. The van der Waals surface area contributed by atoms with Crippen LogP contribution in [0.15, 0.2) is 59.8 Å². The van der Waals surface area contributed by atoms with Crippen LogP contribution in [0.3, 0.4) is 0 Å². The number of non-ortho nitro benzene ring substituents is 1. The van der Waals surface area contributed by atoms with Crippen LogP contribution in [0.5, 0.6) is 0 Å². The molecule has 2 aromatic carbocycles. The summed E-state index contributed by atoms with van der Waals surface area (Å²) in [5.41, 5.74) is 2.33. The van der Waals surface area contributed by atoms with Gasteiger partial charge < -0.3 is 4.84 Å². The first-order valence-electron chi connectivity index (χ1n) is 6.12. The fourth-order valence-corrected chi connectivity index (χ4v) is 1.68. The molecule has 0 fully saturated rings. The fourth-order valence-electron chi connectivity index (χ4n) is 1.68. The molecule has 0 aliphatic rings. The lowest BCUT2D eigenvalue weighted by atomic mass is 10.1. The molecule has 0 bridgehead atoms. The van der Waals surface area contributed by atoms with Gasteiger partial charge in [-0.15, -0.1) is 0 Å². The Morgan fingerprint density at radius 2 is 1.95 bits per heavy atom. The molecule has 5 heteroatoms. The second-order valence-corrected chi connectivity index (χ2v) is 4.24. The van der Waals surface area contributed by atoms with Gasteiger partial charge in [-0.05, 0) is 12.5 Å². The van der Waals surface area contributed by atoms with E-state index in [1.165, 1.54) is 12.1 Å². The van der Waals surface area contributed by atoms with E-state index in [4.69, 9.17) is 4.84 Å². The summed E-state index contributed by atoms with van der Waals surface area (Å²) in [4.78, 5) is 15.5. The molecular weight excluding hydrogens is 256 g/mol. The van der Waals surface area contributed by atoms with Crippen LogP contribution in [-0.4, -0.2) is 10.6 Å². The van der Waals surface area contributed by atoms with Gasteiger partial charge in [-0.25, -0.2) is 0 Å². The molecule has 0 aliphatic carbocycles. The number of hydrogen-bond donors (Lipinski definition) is 0. The highest BCUT2D eigenvalue weighted by Crippen LogP contribution is 2.14. The lowest BCUT2D eigenvalue weighted by molar-refractivity contribution is -0.384. The number of hydrogen-bond acceptors (Lipinski definition) is 4. The van der Waals surface area contributed by atoms with Crippen molar-refractivity contribution >= 4 is 11.4 Å². The summed E-state index contributed by atoms with van der Waals surface area (Å²) in [7, 11) is 0. The molecule has 0 aromatic heterocycles. The van der Waals surface area contributed by atoms with Crippen molar-refractivity contribution in [1.29, 1.82) is 0 Å². The van der Waals surface area contributed by atoms with Crippen LogP contribution in [0.4, 0.5) is 5.69 Å². The van der Waals surface area contributed by atoms with E-state index in [1.54, 1.807) is 19.1 Å². The average Bonchev–Trinajstić information content (AvgIpc) is 2.48. The molecule has 2 rings (SSSR count). The molecule has 0 saturated carbocycles. The summed E-state index contributed by atoms with van der Waals surface area (Å²) < 4.78 is 0. The smallest absolute Gasteiger partial charge is 0.270 e. The van der Waals surface area contributed by atoms with Crippen molar-refractivity contribution < 1.29 is 9.76 Å². The number of nitro groups is 1. The number of oxime groups is 1. The molecule has 0 N–H and O–H groups in total. The third-order valence-corrected chi connectivity index (χ3v) is 2.75. The van der Waals surface area contributed by atoms with Crippen molar-refractivity contribution in [2.24, 2.45) is 5.16 Å². The van der Waals surface area contributed by atoms with Gasteiger partial charge in [0.1, 0.15) is 6.61 Å². The van der Waals surface area contributed by atoms with E-state index >= 15 is 0 Å². The van der Waals surface area contributed by atoms with Crippen molar-refractivity contribution in [3.8, 4) is 0 Å². The van der Waals surface area contributed by atoms with E-state index in [0.717, 1.165) is 5.56 Å². The number of nitro benzene ring substituents is 1. The van der Waals surface area contributed by atoms with Crippen LogP contribution in [0.25, 0.3) is 0 Å². The minimum atomic E-state index is -0.429. The Morgan fingerprint density at radius 1 is 1.20 bits per heavy atom. The molecule has 5 nitrogen and oxygen atoms in total. The summed E-state index contributed by atoms with van der Waals surface area (Å²) in [5.74, 6) is 0. The van der Waals surface area contributed by atoms with E-state index < -0.39 is 4.92 Å². The van der Waals surface area contributed by atoms with E-state index in [9.17, 15) is 10.1 Å². The molecule has 20 heavy (non-hydrogen) atoms. The Balaban J connectivity index is 2.03. The Morgan fingerprint density at radius 3 is 2.65 bits per heavy atom. The molecule has 0 radical (unpaired) electrons. The van der Waals surface area contributed by atoms with Gasteiger partial charge in [0.15, 0.2) is 0 Å². The fraction of sp³-hybridized carbons (Fsp3) is 0.133. The van der Waals surface area contributed by atoms with Gasteiger partial charge in [-0.1, -0.05) is 47.6 Å². The lowest BCUT2D eigenvalue weighted by Crippen LogP contribution is -1.98. The second-order valence-electron chi connectivity index (χ2n) is 4.24. The minimum Gasteiger partial charge on any atom is -0.391 e. The molecule has 0 atom stereocenters. The third kappa shape index (κ3) is 3.65. The Hall–Kier alpha value is -2.69. The highest BCUT2D eigenvalue weighted by atomic mass is 16.6. The Bertz CT molecular complexity index is 624. The zero-order valence-corrected chi connectivity index (χ0v) is 11.0. The van der Waals surface area contributed by atoms with Crippen LogP contribution in [-0.2, 0) is 11.4 Å². The lowest BCUT2D eigenvalue weighted by Gasteiger charge is -2.03. The predicted octanol–water partition coefficient (Wildman–Crippen LogP) is 3.54. The highest BCUT2D eigenvalue weighted by Gasteiger charge is 2.07. The van der Waals surface area contributed by atoms with Crippen LogP contribution < -0.4 is 0 Å². The maximum absolute atomic E-state index is 10.7. The Labute approximate surface area is 116 Å². The highest BCUT2D eigenvalue weighted by molar-refractivity contribution is 5.98. The summed E-state index contributed by atoms with van der Waals surface area (Å²) in [6, 6.07) is 16.0. The molecular formula is C15H14N2O3. The second kappa shape index (κ2) is 6.47. The minimum absolute atomic E-state index is 0.0418. The van der Waals surface area contributed by atoms with Gasteiger partial charge in [-0.2, -0.15) is 0 Å². The quantitative estimate of drug-likeness (QED) is 0.474. The van der Waals surface area contributed by atoms with E-state index in [0.29, 0.717) is 17.9 Å². The van der Waals surface area contributed by atoms with Crippen molar-refractivity contribution in [2.45, 2.75) is 13.5 Å². The largest absolute Gasteiger partial charge is 0.391 e. The molecule has 0 heterocycles. The van der Waals surface area contributed by atoms with Crippen LogP contribution in [0.1, 0.15) is 18.1 Å². The first-order valence-corrected chi connectivity index (χ1v) is 6.12. The van der Waals surface area contributed by atoms with Gasteiger partial charge in [0, 0.05) is 17.7 Å². The maximum atomic E-state index is 10.7. The van der Waals surface area contributed by atoms with E-state index in [1.807, 2.05) is 30.3 Å². The first kappa shape index (κ1) is 13.7. The van der Waals surface area contributed by atoms with Gasteiger partial charge in [0.25, 0.3) is 5.69 Å². The number of benzene rings is 2. The van der Waals surface area contributed by atoms with Crippen molar-refractivity contribution in [3.05, 3.63) is 75.8 Å². The zero-order valence-electron chi connectivity index (χ0n) is 11.0. The van der Waals surface area contributed by atoms with Gasteiger partial charge in [0.2, 0.25) is 0 Å². The number of rotatable bonds is 5. The van der Waals surface area contributed by atoms with Gasteiger partial charge >= 0.3 is 0 Å². The zero-order chi connectivity index (χ0) is 14.4. The van der Waals surface area contributed by atoms with Crippen molar-refractivity contribution in [1.82, 2.24) is 0 Å². The summed E-state index contributed by atoms with van der Waals surface area (Å²) in [6.07, 6.45) is 0. The molecule has 0 amide bonds. The molecule has 0 spiro atoms. The van der Waals surface area contributed by atoms with Crippen molar-refractivity contribution in [2.75, 3.05) is 0 Å². The van der Waals surface area contributed by atoms with Gasteiger partial charge in [0.05, 0.1) is 10.6 Å². The SMILES string of the molecule is C/C(=N\OCc1ccccc1)c1cccc([N+](=O)[O-])c1. The third-order valence-electron chi connectivity index (χ3n) is 2.75. The average molecular weight is 270 g/mol. The van der Waals surface area contributed by atoms with Crippen LogP contribution in [0.2, 0.25) is 0 Å². The summed E-state index contributed by atoms with van der Waals surface area (Å²) >= 11 is 0. The number of nitrogens with zero attached hydrogens (tertiary/aromatic N) is 2. The Kier molecular flexibility index (Phi) is 4.44. The van der Waals surface area contributed by atoms with E-state index in [-0.39, 0.29) is 5.69 Å². The molecule has 0 aliphatic heterocycles. The molecule has 102 valence electrons. The normalized spacial score (nSPS) is 11.2. The standard InChI is InChI=1S/C15H14N2O3/c1-12(14-8-5-9-15(10-14)17(18)19)16-20-11-13-6-3-2-4-7-13/h2-10H,11H2,1H3/b16-12+. The summed E-state index contributed by atoms with van der Waals surface area (Å²) in [5, 5.41) is 14.7.